The Labute approximate surface area is 183 Å². The van der Waals surface area contributed by atoms with Gasteiger partial charge >= 0.3 is 5.63 Å². The number of hydrogen-bond acceptors (Lipinski definition) is 5. The van der Waals surface area contributed by atoms with Gasteiger partial charge in [-0.3, -0.25) is 4.99 Å². The molecule has 0 aliphatic carbocycles. The van der Waals surface area contributed by atoms with Crippen LogP contribution in [0.1, 0.15) is 29.2 Å². The second-order valence-electron chi connectivity index (χ2n) is 7.64. The SMILES string of the molecule is Cc1ccc2c(c1)N=C(c1c(O)c3ccccc3oc1=O)CC(c1ccc(Cl)cc1)N2. The smallest absolute Gasteiger partial charge is 0.349 e. The van der Waals surface area contributed by atoms with Crippen LogP contribution in [0.15, 0.2) is 80.9 Å². The molecule has 2 heterocycles. The summed E-state index contributed by atoms with van der Waals surface area (Å²) >= 11 is 6.07. The lowest BCUT2D eigenvalue weighted by atomic mass is 9.97. The highest BCUT2D eigenvalue weighted by Gasteiger charge is 2.26. The zero-order chi connectivity index (χ0) is 21.5. The number of fused-ring (bicyclic) bond motifs is 2. The van der Waals surface area contributed by atoms with Gasteiger partial charge in [0.15, 0.2) is 0 Å². The summed E-state index contributed by atoms with van der Waals surface area (Å²) in [4.78, 5) is 17.7. The predicted molar refractivity (Wildman–Crippen MR) is 124 cm³/mol. The van der Waals surface area contributed by atoms with Gasteiger partial charge in [0.1, 0.15) is 16.9 Å². The van der Waals surface area contributed by atoms with Crippen molar-refractivity contribution in [2.75, 3.05) is 5.32 Å². The first-order chi connectivity index (χ1) is 15.0. The molecule has 5 nitrogen and oxygen atoms in total. The average Bonchev–Trinajstić information content (AvgIpc) is 2.93. The van der Waals surface area contributed by atoms with Crippen LogP contribution in [0, 0.1) is 6.92 Å². The molecular weight excluding hydrogens is 412 g/mol. The van der Waals surface area contributed by atoms with Crippen molar-refractivity contribution in [1.82, 2.24) is 0 Å². The molecule has 0 fully saturated rings. The molecule has 154 valence electrons. The highest BCUT2D eigenvalue weighted by Crippen LogP contribution is 2.38. The molecule has 0 saturated heterocycles. The number of aliphatic imine (C=N–C) groups is 1. The van der Waals surface area contributed by atoms with Crippen molar-refractivity contribution in [2.45, 2.75) is 19.4 Å². The number of anilines is 1. The molecule has 0 spiro atoms. The molecule has 1 aliphatic heterocycles. The minimum Gasteiger partial charge on any atom is -0.506 e. The van der Waals surface area contributed by atoms with Crippen molar-refractivity contribution < 1.29 is 9.52 Å². The van der Waals surface area contributed by atoms with Crippen LogP contribution in [0.5, 0.6) is 5.75 Å². The molecule has 6 heteroatoms. The zero-order valence-electron chi connectivity index (χ0n) is 16.7. The van der Waals surface area contributed by atoms with Gasteiger partial charge in [0, 0.05) is 11.4 Å². The zero-order valence-corrected chi connectivity index (χ0v) is 17.5. The Hall–Kier alpha value is -3.57. The summed E-state index contributed by atoms with van der Waals surface area (Å²) in [5.41, 5.74) is 3.89. The lowest BCUT2D eigenvalue weighted by Crippen LogP contribution is -2.19. The maximum absolute atomic E-state index is 12.9. The van der Waals surface area contributed by atoms with Gasteiger partial charge in [0.05, 0.1) is 28.5 Å². The maximum Gasteiger partial charge on any atom is 0.349 e. The van der Waals surface area contributed by atoms with E-state index < -0.39 is 5.63 Å². The molecule has 0 amide bonds. The van der Waals surface area contributed by atoms with E-state index in [2.05, 4.69) is 5.32 Å². The Morgan fingerprint density at radius 3 is 2.68 bits per heavy atom. The van der Waals surface area contributed by atoms with Crippen LogP contribution in [0.25, 0.3) is 11.0 Å². The van der Waals surface area contributed by atoms with E-state index in [-0.39, 0.29) is 17.4 Å². The Morgan fingerprint density at radius 2 is 1.87 bits per heavy atom. The Balaban J connectivity index is 1.72. The van der Waals surface area contributed by atoms with Gasteiger partial charge in [-0.05, 0) is 54.4 Å². The molecule has 1 aromatic heterocycles. The van der Waals surface area contributed by atoms with E-state index in [1.807, 2.05) is 49.4 Å². The van der Waals surface area contributed by atoms with E-state index in [1.165, 1.54) is 0 Å². The minimum absolute atomic E-state index is 0.0915. The van der Waals surface area contributed by atoms with Gasteiger partial charge in [-0.2, -0.15) is 0 Å². The van der Waals surface area contributed by atoms with Gasteiger partial charge in [0.2, 0.25) is 0 Å². The van der Waals surface area contributed by atoms with Crippen LogP contribution in [-0.2, 0) is 0 Å². The van der Waals surface area contributed by atoms with Gasteiger partial charge in [0.25, 0.3) is 0 Å². The predicted octanol–water partition coefficient (Wildman–Crippen LogP) is 6.14. The van der Waals surface area contributed by atoms with Crippen molar-refractivity contribution in [3.63, 3.8) is 0 Å². The number of nitrogens with one attached hydrogen (secondary N) is 1. The summed E-state index contributed by atoms with van der Waals surface area (Å²) in [6.45, 7) is 1.99. The van der Waals surface area contributed by atoms with Crippen molar-refractivity contribution in [3.8, 4) is 5.75 Å². The first kappa shape index (κ1) is 19.4. The Kier molecular flexibility index (Phi) is 4.75. The summed E-state index contributed by atoms with van der Waals surface area (Å²) in [6.07, 6.45) is 0.381. The highest BCUT2D eigenvalue weighted by atomic mass is 35.5. The fourth-order valence-electron chi connectivity index (χ4n) is 3.92. The van der Waals surface area contributed by atoms with Crippen molar-refractivity contribution in [2.24, 2.45) is 4.99 Å². The highest BCUT2D eigenvalue weighted by molar-refractivity contribution is 6.30. The summed E-state index contributed by atoms with van der Waals surface area (Å²) in [7, 11) is 0. The number of rotatable bonds is 2. The standard InChI is InChI=1S/C25H19ClN2O3/c1-14-6-11-18-20(12-14)28-21(13-19(27-18)15-7-9-16(26)10-8-15)23-24(29)17-4-2-3-5-22(17)31-25(23)30/h2-12,19,27,29H,13H2,1H3. The molecule has 31 heavy (non-hydrogen) atoms. The van der Waals surface area contributed by atoms with E-state index in [1.54, 1.807) is 24.3 Å². The van der Waals surface area contributed by atoms with Gasteiger partial charge < -0.3 is 14.8 Å². The lowest BCUT2D eigenvalue weighted by Gasteiger charge is -2.19. The van der Waals surface area contributed by atoms with Crippen molar-refractivity contribution in [1.29, 1.82) is 0 Å². The molecule has 4 aromatic rings. The third kappa shape index (κ3) is 3.57. The number of halogens is 1. The largest absolute Gasteiger partial charge is 0.506 e. The summed E-state index contributed by atoms with van der Waals surface area (Å²) in [5, 5.41) is 15.6. The normalized spacial score (nSPS) is 15.7. The number of aromatic hydroxyl groups is 1. The number of aryl methyl sites for hydroxylation is 1. The molecule has 1 aliphatic rings. The maximum atomic E-state index is 12.9. The number of para-hydroxylation sites is 1. The van der Waals surface area contributed by atoms with E-state index in [9.17, 15) is 9.90 Å². The summed E-state index contributed by atoms with van der Waals surface area (Å²) < 4.78 is 5.50. The van der Waals surface area contributed by atoms with Crippen LogP contribution in [0.4, 0.5) is 11.4 Å². The molecule has 0 radical (unpaired) electrons. The molecule has 2 N–H and O–H groups in total. The fraction of sp³-hybridized carbons (Fsp3) is 0.120. The van der Waals surface area contributed by atoms with Crippen LogP contribution in [-0.4, -0.2) is 10.8 Å². The molecule has 3 aromatic carbocycles. The van der Waals surface area contributed by atoms with Crippen molar-refractivity contribution >= 4 is 39.7 Å². The van der Waals surface area contributed by atoms with Gasteiger partial charge in [-0.1, -0.05) is 41.9 Å². The summed E-state index contributed by atoms with van der Waals surface area (Å²) in [6, 6.07) is 20.2. The van der Waals surface area contributed by atoms with E-state index in [0.717, 1.165) is 16.8 Å². The molecule has 0 saturated carbocycles. The second kappa shape index (κ2) is 7.60. The first-order valence-electron chi connectivity index (χ1n) is 9.95. The topological polar surface area (TPSA) is 74.8 Å². The molecule has 1 atom stereocenters. The summed E-state index contributed by atoms with van der Waals surface area (Å²) in [5.74, 6) is -0.114. The van der Waals surface area contributed by atoms with Crippen LogP contribution in [0.2, 0.25) is 5.02 Å². The second-order valence-corrected chi connectivity index (χ2v) is 8.08. The Bertz CT molecular complexity index is 1390. The molecule has 0 bridgehead atoms. The third-order valence-corrected chi connectivity index (χ3v) is 5.73. The average molecular weight is 431 g/mol. The van der Waals surface area contributed by atoms with Crippen molar-refractivity contribution in [3.05, 3.63) is 98.9 Å². The molecular formula is C25H19ClN2O3. The van der Waals surface area contributed by atoms with Crippen LogP contribution < -0.4 is 10.9 Å². The van der Waals surface area contributed by atoms with Crippen LogP contribution in [0.3, 0.4) is 0 Å². The minimum atomic E-state index is -0.610. The van der Waals surface area contributed by atoms with Gasteiger partial charge in [-0.15, -0.1) is 0 Å². The third-order valence-electron chi connectivity index (χ3n) is 5.48. The first-order valence-corrected chi connectivity index (χ1v) is 10.3. The number of benzene rings is 3. The van der Waals surface area contributed by atoms with E-state index >= 15 is 0 Å². The number of nitrogens with zero attached hydrogens (tertiary/aromatic N) is 1. The van der Waals surface area contributed by atoms with Crippen LogP contribution >= 0.6 is 11.6 Å². The Morgan fingerprint density at radius 1 is 1.10 bits per heavy atom. The monoisotopic (exact) mass is 430 g/mol. The van der Waals surface area contributed by atoms with E-state index in [4.69, 9.17) is 21.0 Å². The van der Waals surface area contributed by atoms with Gasteiger partial charge in [-0.25, -0.2) is 4.79 Å². The van der Waals surface area contributed by atoms with E-state index in [0.29, 0.717) is 33.8 Å². The lowest BCUT2D eigenvalue weighted by molar-refractivity contribution is 0.466. The molecule has 1 unspecified atom stereocenters. The quantitative estimate of drug-likeness (QED) is 0.374. The number of hydrogen-bond donors (Lipinski definition) is 2. The fourth-order valence-corrected chi connectivity index (χ4v) is 4.05. The molecule has 5 rings (SSSR count).